The van der Waals surface area contributed by atoms with Crippen LogP contribution in [-0.2, 0) is 4.79 Å². The molecule has 1 aliphatic heterocycles. The van der Waals surface area contributed by atoms with E-state index in [1.54, 1.807) is 32.0 Å². The summed E-state index contributed by atoms with van der Waals surface area (Å²) >= 11 is 0. The van der Waals surface area contributed by atoms with Crippen molar-refractivity contribution in [3.63, 3.8) is 0 Å². The highest BCUT2D eigenvalue weighted by atomic mass is 16.2. The van der Waals surface area contributed by atoms with E-state index >= 15 is 0 Å². The number of amides is 2. The number of benzene rings is 1. The summed E-state index contributed by atoms with van der Waals surface area (Å²) in [5, 5.41) is 5.92. The molecule has 100 valence electrons. The molecular formula is C14H17N3O2. The van der Waals surface area contributed by atoms with Crippen LogP contribution in [0, 0.1) is 6.92 Å². The highest BCUT2D eigenvalue weighted by Gasteiger charge is 2.17. The zero-order valence-electron chi connectivity index (χ0n) is 11.0. The van der Waals surface area contributed by atoms with E-state index in [1.807, 2.05) is 0 Å². The van der Waals surface area contributed by atoms with Gasteiger partial charge in [0.25, 0.3) is 5.91 Å². The Bertz CT molecular complexity index is 570. The van der Waals surface area contributed by atoms with Gasteiger partial charge in [0, 0.05) is 29.9 Å². The first-order valence-corrected chi connectivity index (χ1v) is 6.11. The van der Waals surface area contributed by atoms with Crippen LogP contribution < -0.4 is 16.4 Å². The van der Waals surface area contributed by atoms with Gasteiger partial charge in [-0.05, 0) is 37.1 Å². The van der Waals surface area contributed by atoms with Crippen molar-refractivity contribution < 1.29 is 9.59 Å². The van der Waals surface area contributed by atoms with E-state index < -0.39 is 5.91 Å². The highest BCUT2D eigenvalue weighted by molar-refractivity contribution is 6.05. The minimum absolute atomic E-state index is 0.138. The third-order valence-electron chi connectivity index (χ3n) is 3.40. The van der Waals surface area contributed by atoms with Crippen molar-refractivity contribution in [1.29, 1.82) is 0 Å². The molecule has 5 heteroatoms. The SMILES string of the molecule is CC(C(=O)Nc1cccc(C(N)=O)c1C)=C1CNC1. The summed E-state index contributed by atoms with van der Waals surface area (Å²) in [5.74, 6) is -0.631. The maximum absolute atomic E-state index is 12.1. The molecule has 1 aliphatic rings. The first-order chi connectivity index (χ1) is 9.00. The van der Waals surface area contributed by atoms with Crippen LogP contribution in [0.5, 0.6) is 0 Å². The zero-order chi connectivity index (χ0) is 14.0. The van der Waals surface area contributed by atoms with Gasteiger partial charge in [0.15, 0.2) is 0 Å². The van der Waals surface area contributed by atoms with Gasteiger partial charge in [-0.1, -0.05) is 6.07 Å². The summed E-state index contributed by atoms with van der Waals surface area (Å²) in [6.07, 6.45) is 0. The van der Waals surface area contributed by atoms with Gasteiger partial charge in [0.2, 0.25) is 5.91 Å². The van der Waals surface area contributed by atoms with Crippen LogP contribution in [0.2, 0.25) is 0 Å². The lowest BCUT2D eigenvalue weighted by molar-refractivity contribution is -0.112. The lowest BCUT2D eigenvalue weighted by Crippen LogP contribution is -2.36. The van der Waals surface area contributed by atoms with E-state index in [9.17, 15) is 9.59 Å². The summed E-state index contributed by atoms with van der Waals surface area (Å²) in [7, 11) is 0. The molecule has 19 heavy (non-hydrogen) atoms. The third kappa shape index (κ3) is 2.66. The Balaban J connectivity index is 2.22. The average Bonchev–Trinajstić information content (AvgIpc) is 2.29. The van der Waals surface area contributed by atoms with Crippen molar-refractivity contribution in [3.05, 3.63) is 40.5 Å². The number of hydrogen-bond acceptors (Lipinski definition) is 3. The van der Waals surface area contributed by atoms with Gasteiger partial charge < -0.3 is 16.4 Å². The predicted molar refractivity (Wildman–Crippen MR) is 73.9 cm³/mol. The Morgan fingerprint density at radius 3 is 2.53 bits per heavy atom. The van der Waals surface area contributed by atoms with E-state index in [-0.39, 0.29) is 5.91 Å². The van der Waals surface area contributed by atoms with E-state index in [1.165, 1.54) is 0 Å². The molecular weight excluding hydrogens is 242 g/mol. The number of hydrogen-bond donors (Lipinski definition) is 3. The van der Waals surface area contributed by atoms with Crippen LogP contribution in [0.15, 0.2) is 29.3 Å². The largest absolute Gasteiger partial charge is 0.366 e. The van der Waals surface area contributed by atoms with Gasteiger partial charge in [0.05, 0.1) is 0 Å². The molecule has 4 N–H and O–H groups in total. The summed E-state index contributed by atoms with van der Waals surface area (Å²) in [6, 6.07) is 5.11. The summed E-state index contributed by atoms with van der Waals surface area (Å²) < 4.78 is 0. The summed E-state index contributed by atoms with van der Waals surface area (Å²) in [6.45, 7) is 5.10. The molecule has 1 fully saturated rings. The van der Waals surface area contributed by atoms with Gasteiger partial charge in [0.1, 0.15) is 0 Å². The van der Waals surface area contributed by atoms with Crippen molar-refractivity contribution in [1.82, 2.24) is 5.32 Å². The molecule has 0 bridgehead atoms. The summed E-state index contributed by atoms with van der Waals surface area (Å²) in [5.41, 5.74) is 8.85. The number of nitrogens with two attached hydrogens (primary N) is 1. The zero-order valence-corrected chi connectivity index (χ0v) is 11.0. The van der Waals surface area contributed by atoms with Crippen LogP contribution in [-0.4, -0.2) is 24.9 Å². The fraction of sp³-hybridized carbons (Fsp3) is 0.286. The third-order valence-corrected chi connectivity index (χ3v) is 3.40. The highest BCUT2D eigenvalue weighted by Crippen LogP contribution is 2.20. The maximum atomic E-state index is 12.1. The van der Waals surface area contributed by atoms with Gasteiger partial charge in [-0.2, -0.15) is 0 Å². The first kappa shape index (κ1) is 13.3. The molecule has 0 aliphatic carbocycles. The Morgan fingerprint density at radius 2 is 2.00 bits per heavy atom. The predicted octanol–water partition coefficient (Wildman–Crippen LogP) is 0.952. The molecule has 0 aromatic heterocycles. The molecule has 0 saturated carbocycles. The molecule has 0 radical (unpaired) electrons. The number of rotatable bonds is 3. The molecule has 0 atom stereocenters. The van der Waals surface area contributed by atoms with Crippen LogP contribution >= 0.6 is 0 Å². The van der Waals surface area contributed by atoms with Crippen molar-refractivity contribution >= 4 is 17.5 Å². The minimum Gasteiger partial charge on any atom is -0.366 e. The lowest BCUT2D eigenvalue weighted by atomic mass is 10.0. The normalized spacial score (nSPS) is 13.7. The van der Waals surface area contributed by atoms with Gasteiger partial charge >= 0.3 is 0 Å². The molecule has 2 rings (SSSR count). The van der Waals surface area contributed by atoms with Crippen LogP contribution in [0.25, 0.3) is 0 Å². The van der Waals surface area contributed by atoms with E-state index in [0.29, 0.717) is 16.8 Å². The number of primary amides is 1. The van der Waals surface area contributed by atoms with E-state index in [2.05, 4.69) is 10.6 Å². The Labute approximate surface area is 111 Å². The standard InChI is InChI=1S/C14H17N3O2/c1-8(10-6-16-7-10)14(19)17-12-5-3-4-11(9(12)2)13(15)18/h3-5,16H,6-7H2,1-2H3,(H2,15,18)(H,17,19). The minimum atomic E-state index is -0.494. The van der Waals surface area contributed by atoms with E-state index in [0.717, 1.165) is 24.2 Å². The number of carbonyl (C=O) groups is 2. The Kier molecular flexibility index (Phi) is 3.66. The average molecular weight is 259 g/mol. The topological polar surface area (TPSA) is 84.2 Å². The fourth-order valence-electron chi connectivity index (χ4n) is 1.93. The molecule has 1 aromatic carbocycles. The number of carbonyl (C=O) groups excluding carboxylic acids is 2. The molecule has 0 unspecified atom stereocenters. The monoisotopic (exact) mass is 259 g/mol. The number of nitrogens with one attached hydrogen (secondary N) is 2. The summed E-state index contributed by atoms with van der Waals surface area (Å²) in [4.78, 5) is 23.3. The van der Waals surface area contributed by atoms with Crippen LogP contribution in [0.4, 0.5) is 5.69 Å². The van der Waals surface area contributed by atoms with Gasteiger partial charge in [-0.15, -0.1) is 0 Å². The number of anilines is 1. The van der Waals surface area contributed by atoms with Crippen molar-refractivity contribution in [2.24, 2.45) is 5.73 Å². The quantitative estimate of drug-likeness (QED) is 0.707. The lowest BCUT2D eigenvalue weighted by Gasteiger charge is -2.21. The molecule has 5 nitrogen and oxygen atoms in total. The molecule has 1 heterocycles. The maximum Gasteiger partial charge on any atom is 0.251 e. The second-order valence-corrected chi connectivity index (χ2v) is 4.63. The molecule has 1 saturated heterocycles. The smallest absolute Gasteiger partial charge is 0.251 e. The molecule has 2 amide bonds. The second kappa shape index (κ2) is 5.24. The van der Waals surface area contributed by atoms with Crippen LogP contribution in [0.3, 0.4) is 0 Å². The first-order valence-electron chi connectivity index (χ1n) is 6.11. The van der Waals surface area contributed by atoms with Gasteiger partial charge in [-0.3, -0.25) is 9.59 Å². The molecule has 1 aromatic rings. The van der Waals surface area contributed by atoms with E-state index in [4.69, 9.17) is 5.73 Å². The van der Waals surface area contributed by atoms with Gasteiger partial charge in [-0.25, -0.2) is 0 Å². The van der Waals surface area contributed by atoms with Crippen molar-refractivity contribution in [3.8, 4) is 0 Å². The van der Waals surface area contributed by atoms with Crippen molar-refractivity contribution in [2.75, 3.05) is 18.4 Å². The second-order valence-electron chi connectivity index (χ2n) is 4.63. The Morgan fingerprint density at radius 1 is 1.32 bits per heavy atom. The fourth-order valence-corrected chi connectivity index (χ4v) is 1.93. The van der Waals surface area contributed by atoms with Crippen molar-refractivity contribution in [2.45, 2.75) is 13.8 Å². The Hall–Kier alpha value is -2.14. The molecule has 0 spiro atoms. The van der Waals surface area contributed by atoms with Crippen LogP contribution in [0.1, 0.15) is 22.8 Å².